The molecule has 0 saturated carbocycles. The van der Waals surface area contributed by atoms with Crippen LogP contribution >= 0.6 is 0 Å². The Hall–Kier alpha value is -3.15. The summed E-state index contributed by atoms with van der Waals surface area (Å²) in [6, 6.07) is 4.35. The van der Waals surface area contributed by atoms with E-state index in [2.05, 4.69) is 6.58 Å². The lowest BCUT2D eigenvalue weighted by molar-refractivity contribution is 0.0527. The third kappa shape index (κ3) is 2.76. The first kappa shape index (κ1) is 16.7. The number of carbonyl (C=O) groups is 2. The van der Waals surface area contributed by atoms with Crippen molar-refractivity contribution >= 4 is 39.3 Å². The van der Waals surface area contributed by atoms with E-state index in [1.54, 1.807) is 26.0 Å². The molecule has 2 aromatic heterocycles. The summed E-state index contributed by atoms with van der Waals surface area (Å²) in [4.78, 5) is 36.3. The van der Waals surface area contributed by atoms with E-state index >= 15 is 0 Å². The molecule has 0 saturated heterocycles. The van der Waals surface area contributed by atoms with E-state index in [4.69, 9.17) is 13.6 Å². The second kappa shape index (κ2) is 6.05. The smallest absolute Gasteiger partial charge is 0.339 e. The largest absolute Gasteiger partial charge is 0.462 e. The summed E-state index contributed by atoms with van der Waals surface area (Å²) in [6.45, 7) is 8.77. The van der Waals surface area contributed by atoms with Crippen LogP contribution in [0.3, 0.4) is 0 Å². The normalized spacial score (nSPS) is 11.0. The number of allylic oxidation sites excluding steroid dienone is 1. The second-order valence-electron chi connectivity index (χ2n) is 5.69. The topological polar surface area (TPSA) is 86.7 Å². The predicted octanol–water partition coefficient (Wildman–Crippen LogP) is 3.95. The number of rotatable bonds is 4. The lowest BCUT2D eigenvalue weighted by Gasteiger charge is -2.08. The molecule has 2 heterocycles. The van der Waals surface area contributed by atoms with Gasteiger partial charge in [-0.15, -0.1) is 0 Å². The highest BCUT2D eigenvalue weighted by Crippen LogP contribution is 2.34. The Balaban J connectivity index is 2.55. The summed E-state index contributed by atoms with van der Waals surface area (Å²) in [5, 5.41) is 0.850. The first-order chi connectivity index (χ1) is 11.8. The van der Waals surface area contributed by atoms with Crippen LogP contribution < -0.4 is 5.63 Å². The zero-order chi connectivity index (χ0) is 18.3. The summed E-state index contributed by atoms with van der Waals surface area (Å²) in [5.41, 5.74) is 0.486. The van der Waals surface area contributed by atoms with Gasteiger partial charge >= 0.3 is 11.6 Å². The number of carbonyl (C=O) groups excluding carboxylic acids is 2. The molecule has 3 aromatic rings. The van der Waals surface area contributed by atoms with Crippen molar-refractivity contribution in [2.75, 3.05) is 6.61 Å². The van der Waals surface area contributed by atoms with Gasteiger partial charge in [0, 0.05) is 11.5 Å². The van der Waals surface area contributed by atoms with Gasteiger partial charge < -0.3 is 13.6 Å². The Morgan fingerprint density at radius 2 is 1.80 bits per heavy atom. The zero-order valence-electron chi connectivity index (χ0n) is 14.1. The van der Waals surface area contributed by atoms with Crippen LogP contribution in [0.2, 0.25) is 0 Å². The third-order valence-corrected chi connectivity index (χ3v) is 3.79. The van der Waals surface area contributed by atoms with Crippen molar-refractivity contribution in [1.82, 2.24) is 0 Å². The number of furan rings is 1. The Kier molecular flexibility index (Phi) is 4.04. The molecule has 6 nitrogen and oxygen atoms in total. The minimum Gasteiger partial charge on any atom is -0.462 e. The van der Waals surface area contributed by atoms with Gasteiger partial charge in [-0.1, -0.05) is 6.58 Å². The number of ketones is 1. The minimum atomic E-state index is -0.746. The number of esters is 1. The maximum Gasteiger partial charge on any atom is 0.339 e. The maximum absolute atomic E-state index is 12.3. The van der Waals surface area contributed by atoms with E-state index in [1.165, 1.54) is 6.92 Å². The molecule has 128 valence electrons. The molecule has 0 radical (unpaired) electrons. The van der Waals surface area contributed by atoms with Gasteiger partial charge in [0.15, 0.2) is 11.4 Å². The van der Waals surface area contributed by atoms with Gasteiger partial charge in [-0.25, -0.2) is 9.59 Å². The summed E-state index contributed by atoms with van der Waals surface area (Å²) in [5.74, 6) is -0.470. The quantitative estimate of drug-likeness (QED) is 0.406. The molecule has 0 amide bonds. The number of ether oxygens (including phenoxy) is 1. The van der Waals surface area contributed by atoms with E-state index in [0.717, 1.165) is 6.07 Å². The number of Topliss-reactive ketones (excluding diaryl/α,β-unsaturated/α-hetero) is 1. The van der Waals surface area contributed by atoms with E-state index in [0.29, 0.717) is 22.3 Å². The fourth-order valence-corrected chi connectivity index (χ4v) is 2.68. The molecule has 0 unspecified atom stereocenters. The highest BCUT2D eigenvalue weighted by Gasteiger charge is 2.23. The average Bonchev–Trinajstić information content (AvgIpc) is 2.97. The SMILES string of the molecule is C=C(C)c1cc2cc(C(C)=O)c3oc(=O)cc(C(=O)OCC)c3c2o1. The Bertz CT molecular complexity index is 1100. The van der Waals surface area contributed by atoms with Crippen LogP contribution in [0.5, 0.6) is 0 Å². The molecule has 0 bridgehead atoms. The van der Waals surface area contributed by atoms with E-state index < -0.39 is 11.6 Å². The van der Waals surface area contributed by atoms with Crippen LogP contribution in [-0.2, 0) is 4.74 Å². The van der Waals surface area contributed by atoms with Crippen LogP contribution in [0.15, 0.2) is 38.4 Å². The van der Waals surface area contributed by atoms with Crippen LogP contribution in [0, 0.1) is 0 Å². The van der Waals surface area contributed by atoms with Crippen LogP contribution in [0.25, 0.3) is 27.5 Å². The fourth-order valence-electron chi connectivity index (χ4n) is 2.68. The minimum absolute atomic E-state index is 0.00353. The molecule has 1 aromatic carbocycles. The van der Waals surface area contributed by atoms with Crippen molar-refractivity contribution in [3.63, 3.8) is 0 Å². The predicted molar refractivity (Wildman–Crippen MR) is 92.9 cm³/mol. The molecule has 0 fully saturated rings. The van der Waals surface area contributed by atoms with Crippen molar-refractivity contribution < 1.29 is 23.2 Å². The molecule has 0 aliphatic heterocycles. The molecular weight excluding hydrogens is 324 g/mol. The first-order valence-corrected chi connectivity index (χ1v) is 7.71. The fraction of sp³-hybridized carbons (Fsp3) is 0.211. The molecule has 6 heteroatoms. The Labute approximate surface area is 142 Å². The lowest BCUT2D eigenvalue weighted by Crippen LogP contribution is -2.11. The maximum atomic E-state index is 12.3. The molecule has 0 atom stereocenters. The van der Waals surface area contributed by atoms with Crippen LogP contribution in [0.1, 0.15) is 47.2 Å². The van der Waals surface area contributed by atoms with Gasteiger partial charge in [0.25, 0.3) is 0 Å². The summed E-state index contributed by atoms with van der Waals surface area (Å²) < 4.78 is 16.1. The summed E-state index contributed by atoms with van der Waals surface area (Å²) >= 11 is 0. The first-order valence-electron chi connectivity index (χ1n) is 7.71. The second-order valence-corrected chi connectivity index (χ2v) is 5.69. The number of hydrogen-bond donors (Lipinski definition) is 0. The lowest BCUT2D eigenvalue weighted by atomic mass is 10.0. The van der Waals surface area contributed by atoms with Gasteiger partial charge in [-0.2, -0.15) is 0 Å². The number of fused-ring (bicyclic) bond motifs is 3. The number of benzene rings is 1. The average molecular weight is 340 g/mol. The van der Waals surface area contributed by atoms with Gasteiger partial charge in [-0.05, 0) is 38.5 Å². The monoisotopic (exact) mass is 340 g/mol. The van der Waals surface area contributed by atoms with Gasteiger partial charge in [0.2, 0.25) is 0 Å². The Morgan fingerprint density at radius 3 is 2.40 bits per heavy atom. The van der Waals surface area contributed by atoms with Crippen molar-refractivity contribution in [3.05, 3.63) is 52.1 Å². The highest BCUT2D eigenvalue weighted by atomic mass is 16.5. The summed E-state index contributed by atoms with van der Waals surface area (Å²) in [7, 11) is 0. The van der Waals surface area contributed by atoms with Gasteiger partial charge in [0.1, 0.15) is 11.3 Å². The molecule has 25 heavy (non-hydrogen) atoms. The standard InChI is InChI=1S/C19H16O6/c1-5-23-19(22)13-8-15(21)25-18-12(10(4)20)6-11-7-14(9(2)3)24-17(11)16(13)18/h6-8H,2,5H2,1,3-4H3. The molecule has 0 N–H and O–H groups in total. The molecular formula is C19H16O6. The molecule has 3 rings (SSSR count). The molecule has 0 aliphatic carbocycles. The van der Waals surface area contributed by atoms with Crippen molar-refractivity contribution in [1.29, 1.82) is 0 Å². The van der Waals surface area contributed by atoms with E-state index in [1.807, 2.05) is 0 Å². The van der Waals surface area contributed by atoms with Gasteiger partial charge in [-0.3, -0.25) is 4.79 Å². The Morgan fingerprint density at radius 1 is 1.08 bits per heavy atom. The van der Waals surface area contributed by atoms with Crippen molar-refractivity contribution in [3.8, 4) is 0 Å². The number of hydrogen-bond acceptors (Lipinski definition) is 6. The van der Waals surface area contributed by atoms with Crippen molar-refractivity contribution in [2.24, 2.45) is 0 Å². The van der Waals surface area contributed by atoms with Crippen LogP contribution in [0.4, 0.5) is 0 Å². The zero-order valence-corrected chi connectivity index (χ0v) is 14.1. The third-order valence-electron chi connectivity index (χ3n) is 3.79. The summed E-state index contributed by atoms with van der Waals surface area (Å²) in [6.07, 6.45) is 0. The van der Waals surface area contributed by atoms with E-state index in [9.17, 15) is 14.4 Å². The van der Waals surface area contributed by atoms with Crippen molar-refractivity contribution in [2.45, 2.75) is 20.8 Å². The highest BCUT2D eigenvalue weighted by molar-refractivity contribution is 6.19. The molecule has 0 aliphatic rings. The molecule has 0 spiro atoms. The van der Waals surface area contributed by atoms with Crippen LogP contribution in [-0.4, -0.2) is 18.4 Å². The van der Waals surface area contributed by atoms with E-state index in [-0.39, 0.29) is 34.5 Å². The van der Waals surface area contributed by atoms with Gasteiger partial charge in [0.05, 0.1) is 23.1 Å².